The van der Waals surface area contributed by atoms with Crippen molar-refractivity contribution in [1.29, 1.82) is 0 Å². The number of hydrogen-bond acceptors (Lipinski definition) is 1. The maximum atomic E-state index is 6.21. The second-order valence-corrected chi connectivity index (χ2v) is 6.32. The summed E-state index contributed by atoms with van der Waals surface area (Å²) in [5, 5.41) is 4.52. The minimum atomic E-state index is 0.302. The molecule has 2 heteroatoms. The van der Waals surface area contributed by atoms with E-state index in [9.17, 15) is 0 Å². The topological polar surface area (TPSA) is 12.0 Å². The molecule has 0 atom stereocenters. The Morgan fingerprint density at radius 1 is 1.16 bits per heavy atom. The van der Waals surface area contributed by atoms with Gasteiger partial charge in [0.25, 0.3) is 0 Å². The Kier molecular flexibility index (Phi) is 5.72. The molecule has 0 radical (unpaired) electrons. The van der Waals surface area contributed by atoms with Crippen molar-refractivity contribution in [2.24, 2.45) is 0 Å². The van der Waals surface area contributed by atoms with Crippen LogP contribution in [0.3, 0.4) is 0 Å². The quantitative estimate of drug-likeness (QED) is 0.595. The molecule has 0 amide bonds. The van der Waals surface area contributed by atoms with Crippen LogP contribution in [0.4, 0.5) is 0 Å². The highest BCUT2D eigenvalue weighted by molar-refractivity contribution is 6.30. The molecular weight excluding hydrogens is 254 g/mol. The number of hydrogen-bond donors (Lipinski definition) is 1. The smallest absolute Gasteiger partial charge is 0.0408 e. The third kappa shape index (κ3) is 3.97. The van der Waals surface area contributed by atoms with E-state index in [0.29, 0.717) is 5.41 Å². The second-order valence-electron chi connectivity index (χ2n) is 5.88. The summed E-state index contributed by atoms with van der Waals surface area (Å²) in [7, 11) is 0. The van der Waals surface area contributed by atoms with E-state index in [1.807, 2.05) is 6.07 Å². The molecule has 1 N–H and O–H groups in total. The molecule has 19 heavy (non-hydrogen) atoms. The molecule has 0 aromatic heterocycles. The number of nitrogens with one attached hydrogen (secondary N) is 1. The van der Waals surface area contributed by atoms with E-state index in [1.54, 1.807) is 0 Å². The normalized spacial score (nSPS) is 19.1. The first-order chi connectivity index (χ1) is 9.27. The van der Waals surface area contributed by atoms with Gasteiger partial charge in [-0.1, -0.05) is 56.3 Å². The Bertz CT molecular complexity index is 381. The van der Waals surface area contributed by atoms with Gasteiger partial charge in [-0.15, -0.1) is 0 Å². The fourth-order valence-electron chi connectivity index (χ4n) is 3.30. The van der Waals surface area contributed by atoms with Crippen molar-refractivity contribution in [1.82, 2.24) is 5.32 Å². The Labute approximate surface area is 122 Å². The van der Waals surface area contributed by atoms with E-state index < -0.39 is 0 Å². The molecule has 2 rings (SSSR count). The molecule has 1 nitrogen and oxygen atoms in total. The van der Waals surface area contributed by atoms with E-state index in [2.05, 4.69) is 30.4 Å². The van der Waals surface area contributed by atoms with Crippen LogP contribution in [0.2, 0.25) is 5.02 Å². The molecule has 0 bridgehead atoms. The van der Waals surface area contributed by atoms with Gasteiger partial charge in [0.2, 0.25) is 0 Å². The number of halogens is 1. The lowest BCUT2D eigenvalue weighted by molar-refractivity contribution is 0.348. The molecule has 0 heterocycles. The van der Waals surface area contributed by atoms with Crippen molar-refractivity contribution in [2.45, 2.75) is 57.3 Å². The van der Waals surface area contributed by atoms with Crippen LogP contribution in [-0.4, -0.2) is 13.1 Å². The molecule has 1 aromatic carbocycles. The third-order valence-electron chi connectivity index (χ3n) is 4.39. The van der Waals surface area contributed by atoms with Crippen LogP contribution in [0.25, 0.3) is 0 Å². The van der Waals surface area contributed by atoms with Crippen LogP contribution in [0.5, 0.6) is 0 Å². The van der Waals surface area contributed by atoms with Gasteiger partial charge in [-0.2, -0.15) is 0 Å². The average Bonchev–Trinajstić information content (AvgIpc) is 2.66. The molecule has 1 saturated carbocycles. The first-order valence-corrected chi connectivity index (χ1v) is 8.11. The van der Waals surface area contributed by atoms with E-state index >= 15 is 0 Å². The lowest BCUT2D eigenvalue weighted by Gasteiger charge is -2.34. The van der Waals surface area contributed by atoms with Crippen molar-refractivity contribution in [3.63, 3.8) is 0 Å². The number of rotatable bonds is 5. The van der Waals surface area contributed by atoms with Crippen LogP contribution in [0.1, 0.15) is 57.4 Å². The summed E-state index contributed by atoms with van der Waals surface area (Å²) in [6.07, 6.45) is 9.26. The van der Waals surface area contributed by atoms with Gasteiger partial charge < -0.3 is 5.32 Å². The molecule has 106 valence electrons. The molecule has 0 saturated heterocycles. The summed E-state index contributed by atoms with van der Waals surface area (Å²) < 4.78 is 0. The summed E-state index contributed by atoms with van der Waals surface area (Å²) in [4.78, 5) is 0. The van der Waals surface area contributed by atoms with Gasteiger partial charge in [0, 0.05) is 17.0 Å². The largest absolute Gasteiger partial charge is 0.316 e. The molecule has 0 unspecified atom stereocenters. The van der Waals surface area contributed by atoms with Gasteiger partial charge in [0.05, 0.1) is 0 Å². The molecule has 1 fully saturated rings. The summed E-state index contributed by atoms with van der Waals surface area (Å²) in [5.74, 6) is 0. The van der Waals surface area contributed by atoms with E-state index in [4.69, 9.17) is 11.6 Å². The fraction of sp³-hybridized carbons (Fsp3) is 0.647. The first kappa shape index (κ1) is 14.9. The zero-order valence-electron chi connectivity index (χ0n) is 12.1. The summed E-state index contributed by atoms with van der Waals surface area (Å²) in [6.45, 7) is 4.44. The Morgan fingerprint density at radius 3 is 2.53 bits per heavy atom. The number of benzene rings is 1. The predicted octanol–water partition coefficient (Wildman–Crippen LogP) is 4.93. The van der Waals surface area contributed by atoms with Crippen LogP contribution in [-0.2, 0) is 5.41 Å². The minimum absolute atomic E-state index is 0.302. The van der Waals surface area contributed by atoms with Crippen LogP contribution in [0.15, 0.2) is 24.3 Å². The van der Waals surface area contributed by atoms with Crippen LogP contribution >= 0.6 is 11.6 Å². The van der Waals surface area contributed by atoms with Gasteiger partial charge in [-0.05, 0) is 43.5 Å². The third-order valence-corrected chi connectivity index (χ3v) is 4.62. The first-order valence-electron chi connectivity index (χ1n) is 7.74. The van der Waals surface area contributed by atoms with Crippen molar-refractivity contribution < 1.29 is 0 Å². The van der Waals surface area contributed by atoms with Crippen LogP contribution < -0.4 is 5.32 Å². The highest BCUT2D eigenvalue weighted by Crippen LogP contribution is 2.38. The predicted molar refractivity (Wildman–Crippen MR) is 84.0 cm³/mol. The van der Waals surface area contributed by atoms with E-state index in [1.165, 1.54) is 50.5 Å². The lowest BCUT2D eigenvalue weighted by atomic mass is 9.74. The zero-order valence-corrected chi connectivity index (χ0v) is 12.8. The SMILES string of the molecule is CCCNCC1(c2cccc(Cl)c2)CCCCCC1. The maximum Gasteiger partial charge on any atom is 0.0408 e. The average molecular weight is 280 g/mol. The molecule has 0 spiro atoms. The summed E-state index contributed by atoms with van der Waals surface area (Å²) in [6, 6.07) is 8.53. The Hall–Kier alpha value is -0.530. The van der Waals surface area contributed by atoms with Gasteiger partial charge in [-0.25, -0.2) is 0 Å². The van der Waals surface area contributed by atoms with Crippen molar-refractivity contribution in [3.8, 4) is 0 Å². The van der Waals surface area contributed by atoms with E-state index in [0.717, 1.165) is 18.1 Å². The lowest BCUT2D eigenvalue weighted by Crippen LogP contribution is -2.38. The maximum absolute atomic E-state index is 6.21. The Balaban J connectivity index is 2.21. The van der Waals surface area contributed by atoms with Gasteiger partial charge in [-0.3, -0.25) is 0 Å². The Morgan fingerprint density at radius 2 is 1.89 bits per heavy atom. The van der Waals surface area contributed by atoms with Crippen molar-refractivity contribution in [3.05, 3.63) is 34.9 Å². The fourth-order valence-corrected chi connectivity index (χ4v) is 3.49. The van der Waals surface area contributed by atoms with Crippen molar-refractivity contribution >= 4 is 11.6 Å². The standard InChI is InChI=1S/C17H26ClN/c1-2-12-19-14-17(10-5-3-4-6-11-17)15-8-7-9-16(18)13-15/h7-9,13,19H,2-6,10-12,14H2,1H3. The van der Waals surface area contributed by atoms with Crippen LogP contribution in [0, 0.1) is 0 Å². The molecule has 1 aliphatic rings. The molecule has 1 aliphatic carbocycles. The van der Waals surface area contributed by atoms with Gasteiger partial charge >= 0.3 is 0 Å². The summed E-state index contributed by atoms with van der Waals surface area (Å²) >= 11 is 6.21. The highest BCUT2D eigenvalue weighted by Gasteiger charge is 2.32. The van der Waals surface area contributed by atoms with Gasteiger partial charge in [0.1, 0.15) is 0 Å². The minimum Gasteiger partial charge on any atom is -0.316 e. The van der Waals surface area contributed by atoms with Crippen molar-refractivity contribution in [2.75, 3.05) is 13.1 Å². The highest BCUT2D eigenvalue weighted by atomic mass is 35.5. The van der Waals surface area contributed by atoms with Gasteiger partial charge in [0.15, 0.2) is 0 Å². The molecular formula is C17H26ClN. The van der Waals surface area contributed by atoms with E-state index in [-0.39, 0.29) is 0 Å². The summed E-state index contributed by atoms with van der Waals surface area (Å²) in [5.41, 5.74) is 1.74. The monoisotopic (exact) mass is 279 g/mol. The zero-order chi connectivity index (χ0) is 13.6. The molecule has 0 aliphatic heterocycles. The second kappa shape index (κ2) is 7.31. The molecule has 1 aromatic rings.